The second-order valence-electron chi connectivity index (χ2n) is 5.94. The zero-order valence-electron chi connectivity index (χ0n) is 14.2. The Morgan fingerprint density at radius 3 is 3.16 bits per heavy atom. The molecule has 0 radical (unpaired) electrons. The number of carbonyl (C=O) groups is 1. The van der Waals surface area contributed by atoms with Gasteiger partial charge in [-0.25, -0.2) is 4.79 Å². The van der Waals surface area contributed by atoms with E-state index in [0.29, 0.717) is 26.1 Å². The van der Waals surface area contributed by atoms with Gasteiger partial charge in [0.25, 0.3) is 0 Å². The van der Waals surface area contributed by atoms with Crippen molar-refractivity contribution in [2.24, 2.45) is 0 Å². The number of methoxy groups -OCH3 is 1. The normalized spacial score (nSPS) is 19.7. The van der Waals surface area contributed by atoms with Gasteiger partial charge in [-0.05, 0) is 36.1 Å². The van der Waals surface area contributed by atoms with Gasteiger partial charge in [-0.3, -0.25) is 10.3 Å². The molecule has 1 saturated heterocycles. The number of nitrogens with zero attached hydrogens (tertiary/aromatic N) is 1. The molecule has 2 aromatic rings. The lowest BCUT2D eigenvalue weighted by Gasteiger charge is -2.14. The number of benzene rings is 1. The topological polar surface area (TPSA) is 81.7 Å². The average Bonchev–Trinajstić information content (AvgIpc) is 3.05. The fourth-order valence-corrected chi connectivity index (χ4v) is 2.75. The van der Waals surface area contributed by atoms with E-state index in [1.807, 2.05) is 30.5 Å². The molecule has 1 aromatic heterocycles. The highest BCUT2D eigenvalue weighted by Gasteiger charge is 2.28. The van der Waals surface area contributed by atoms with Crippen LogP contribution >= 0.6 is 0 Å². The summed E-state index contributed by atoms with van der Waals surface area (Å²) < 4.78 is 16.3. The van der Waals surface area contributed by atoms with Crippen molar-refractivity contribution in [3.8, 4) is 5.75 Å². The summed E-state index contributed by atoms with van der Waals surface area (Å²) in [6.07, 6.45) is 4.16. The Hall–Kier alpha value is -2.38. The zero-order valence-corrected chi connectivity index (χ0v) is 14.2. The van der Waals surface area contributed by atoms with Crippen molar-refractivity contribution >= 4 is 16.9 Å². The van der Waals surface area contributed by atoms with E-state index in [0.717, 1.165) is 22.9 Å². The molecule has 0 aliphatic carbocycles. The van der Waals surface area contributed by atoms with Gasteiger partial charge in [0.05, 0.1) is 0 Å². The van der Waals surface area contributed by atoms with E-state index in [-0.39, 0.29) is 12.3 Å². The SMILES string of the molecule is COCCCNC(=O)O[C@H]1C[C@@H](Oc2ccc3cnccc3c2)CN1. The summed E-state index contributed by atoms with van der Waals surface area (Å²) in [7, 11) is 1.63. The maximum atomic E-state index is 11.7. The summed E-state index contributed by atoms with van der Waals surface area (Å²) in [5.74, 6) is 0.801. The van der Waals surface area contributed by atoms with E-state index in [1.165, 1.54) is 0 Å². The van der Waals surface area contributed by atoms with Gasteiger partial charge in [0.1, 0.15) is 11.9 Å². The standard InChI is InChI=1S/C18H23N3O4/c1-23-8-2-6-20-18(22)25-17-10-16(12-21-17)24-15-4-3-14-11-19-7-5-13(14)9-15/h3-5,7,9,11,16-17,21H,2,6,8,10,12H2,1H3,(H,20,22)/t16-,17+/m1/s1. The number of fused-ring (bicyclic) bond motifs is 1. The minimum Gasteiger partial charge on any atom is -0.489 e. The highest BCUT2D eigenvalue weighted by molar-refractivity contribution is 5.82. The first-order valence-electron chi connectivity index (χ1n) is 8.42. The van der Waals surface area contributed by atoms with Crippen molar-refractivity contribution in [3.63, 3.8) is 0 Å². The summed E-state index contributed by atoms with van der Waals surface area (Å²) in [5.41, 5.74) is 0. The van der Waals surface area contributed by atoms with E-state index >= 15 is 0 Å². The predicted molar refractivity (Wildman–Crippen MR) is 93.5 cm³/mol. The number of nitrogens with one attached hydrogen (secondary N) is 2. The largest absolute Gasteiger partial charge is 0.489 e. The summed E-state index contributed by atoms with van der Waals surface area (Å²) in [6.45, 7) is 1.78. The van der Waals surface area contributed by atoms with Crippen LogP contribution in [0.15, 0.2) is 36.7 Å². The van der Waals surface area contributed by atoms with Gasteiger partial charge in [-0.1, -0.05) is 0 Å². The van der Waals surface area contributed by atoms with Crippen LogP contribution in [0, 0.1) is 0 Å². The molecule has 2 N–H and O–H groups in total. The summed E-state index contributed by atoms with van der Waals surface area (Å²) >= 11 is 0. The Bertz CT molecular complexity index is 710. The number of carbonyl (C=O) groups excluding carboxylic acids is 1. The molecule has 3 rings (SSSR count). The molecule has 1 aliphatic rings. The number of ether oxygens (including phenoxy) is 3. The van der Waals surface area contributed by atoms with Crippen molar-refractivity contribution in [1.82, 2.24) is 15.6 Å². The molecule has 2 atom stereocenters. The molecule has 0 spiro atoms. The van der Waals surface area contributed by atoms with E-state index in [1.54, 1.807) is 13.3 Å². The Labute approximate surface area is 146 Å². The lowest BCUT2D eigenvalue weighted by atomic mass is 10.2. The first kappa shape index (κ1) is 17.4. The monoisotopic (exact) mass is 345 g/mol. The van der Waals surface area contributed by atoms with E-state index < -0.39 is 6.09 Å². The van der Waals surface area contributed by atoms with Crippen LogP contribution in [-0.2, 0) is 9.47 Å². The number of hydrogen-bond donors (Lipinski definition) is 2. The van der Waals surface area contributed by atoms with Crippen LogP contribution in [0.2, 0.25) is 0 Å². The molecular formula is C18H23N3O4. The van der Waals surface area contributed by atoms with E-state index in [2.05, 4.69) is 15.6 Å². The molecule has 1 fully saturated rings. The maximum Gasteiger partial charge on any atom is 0.408 e. The third-order valence-corrected chi connectivity index (χ3v) is 4.01. The van der Waals surface area contributed by atoms with E-state index in [9.17, 15) is 4.79 Å². The van der Waals surface area contributed by atoms with Gasteiger partial charge >= 0.3 is 6.09 Å². The minimum absolute atomic E-state index is 0.0365. The van der Waals surface area contributed by atoms with Gasteiger partial charge < -0.3 is 19.5 Å². The molecule has 134 valence electrons. The molecule has 2 heterocycles. The highest BCUT2D eigenvalue weighted by Crippen LogP contribution is 2.23. The molecule has 1 aromatic carbocycles. The summed E-state index contributed by atoms with van der Waals surface area (Å²) in [6, 6.07) is 7.87. The predicted octanol–water partition coefficient (Wildman–Crippen LogP) is 2.06. The van der Waals surface area contributed by atoms with Crippen LogP contribution in [0.25, 0.3) is 10.8 Å². The number of rotatable bonds is 7. The van der Waals surface area contributed by atoms with Crippen LogP contribution in [0.4, 0.5) is 4.79 Å². The van der Waals surface area contributed by atoms with Crippen molar-refractivity contribution in [1.29, 1.82) is 0 Å². The zero-order chi connectivity index (χ0) is 17.5. The van der Waals surface area contributed by atoms with Crippen LogP contribution in [0.1, 0.15) is 12.8 Å². The van der Waals surface area contributed by atoms with Gasteiger partial charge in [0, 0.05) is 51.0 Å². The molecule has 1 aliphatic heterocycles. The van der Waals surface area contributed by atoms with Crippen LogP contribution in [0.5, 0.6) is 5.75 Å². The van der Waals surface area contributed by atoms with Crippen LogP contribution < -0.4 is 15.4 Å². The fraction of sp³-hybridized carbons (Fsp3) is 0.444. The van der Waals surface area contributed by atoms with Gasteiger partial charge in [-0.15, -0.1) is 0 Å². The first-order chi connectivity index (χ1) is 12.2. The van der Waals surface area contributed by atoms with Crippen molar-refractivity contribution in [2.75, 3.05) is 26.8 Å². The smallest absolute Gasteiger partial charge is 0.408 e. The molecular weight excluding hydrogens is 322 g/mol. The molecule has 1 amide bonds. The number of pyridine rings is 1. The first-order valence-corrected chi connectivity index (χ1v) is 8.42. The Balaban J connectivity index is 1.45. The average molecular weight is 345 g/mol. The second kappa shape index (κ2) is 8.64. The highest BCUT2D eigenvalue weighted by atomic mass is 16.6. The molecule has 0 saturated carbocycles. The lowest BCUT2D eigenvalue weighted by Crippen LogP contribution is -2.34. The summed E-state index contributed by atoms with van der Waals surface area (Å²) in [4.78, 5) is 15.8. The van der Waals surface area contributed by atoms with Crippen molar-refractivity contribution in [3.05, 3.63) is 36.7 Å². The third kappa shape index (κ3) is 5.04. The van der Waals surface area contributed by atoms with Gasteiger partial charge in [0.2, 0.25) is 0 Å². The lowest BCUT2D eigenvalue weighted by molar-refractivity contribution is 0.0821. The minimum atomic E-state index is -0.424. The fourth-order valence-electron chi connectivity index (χ4n) is 2.75. The number of amides is 1. The molecule has 7 nitrogen and oxygen atoms in total. The molecule has 0 unspecified atom stereocenters. The molecule has 25 heavy (non-hydrogen) atoms. The van der Waals surface area contributed by atoms with Crippen molar-refractivity contribution < 1.29 is 19.0 Å². The Morgan fingerprint density at radius 1 is 1.36 bits per heavy atom. The van der Waals surface area contributed by atoms with Crippen LogP contribution in [-0.4, -0.2) is 50.2 Å². The quantitative estimate of drug-likeness (QED) is 0.748. The number of alkyl carbamates (subject to hydrolysis) is 1. The Kier molecular flexibility index (Phi) is 6.03. The number of hydrogen-bond acceptors (Lipinski definition) is 6. The van der Waals surface area contributed by atoms with E-state index in [4.69, 9.17) is 14.2 Å². The number of aromatic nitrogens is 1. The van der Waals surface area contributed by atoms with Crippen molar-refractivity contribution in [2.45, 2.75) is 25.2 Å². The van der Waals surface area contributed by atoms with Gasteiger partial charge in [-0.2, -0.15) is 0 Å². The second-order valence-corrected chi connectivity index (χ2v) is 5.94. The van der Waals surface area contributed by atoms with Gasteiger partial charge in [0.15, 0.2) is 6.23 Å². The van der Waals surface area contributed by atoms with Crippen LogP contribution in [0.3, 0.4) is 0 Å². The maximum absolute atomic E-state index is 11.7. The Morgan fingerprint density at radius 2 is 2.28 bits per heavy atom. The third-order valence-electron chi connectivity index (χ3n) is 4.01. The molecule has 7 heteroatoms. The summed E-state index contributed by atoms with van der Waals surface area (Å²) in [5, 5.41) is 8.01. The molecule has 0 bridgehead atoms.